The lowest BCUT2D eigenvalue weighted by Crippen LogP contribution is -2.39. The molecule has 4 heteroatoms. The van der Waals surface area contributed by atoms with E-state index in [-0.39, 0.29) is 11.9 Å². The van der Waals surface area contributed by atoms with E-state index in [0.717, 1.165) is 11.3 Å². The molecule has 1 heterocycles. The zero-order valence-electron chi connectivity index (χ0n) is 10.5. The topological polar surface area (TPSA) is 52.9 Å². The molecule has 0 aliphatic rings. The maximum absolute atomic E-state index is 12.1. The lowest BCUT2D eigenvalue weighted by Gasteiger charge is -2.23. The maximum Gasteiger partial charge on any atom is 0.240 e. The number of nitrogens with zero attached hydrogens (tertiary/aromatic N) is 1. The number of amides is 1. The number of carbonyl (C=O) groups is 1. The fourth-order valence-corrected chi connectivity index (χ4v) is 2.33. The van der Waals surface area contributed by atoms with Crippen LogP contribution < -0.4 is 5.32 Å². The van der Waals surface area contributed by atoms with E-state index in [2.05, 4.69) is 11.4 Å². The zero-order valence-corrected chi connectivity index (χ0v) is 11.3. The Morgan fingerprint density at radius 1 is 1.65 bits per heavy atom. The van der Waals surface area contributed by atoms with Gasteiger partial charge in [0, 0.05) is 4.88 Å². The van der Waals surface area contributed by atoms with E-state index >= 15 is 0 Å². The lowest BCUT2D eigenvalue weighted by molar-refractivity contribution is -0.128. The van der Waals surface area contributed by atoms with Crippen molar-refractivity contribution in [3.8, 4) is 6.07 Å². The van der Waals surface area contributed by atoms with Crippen LogP contribution in [0.15, 0.2) is 17.5 Å². The number of nitriles is 1. The second-order valence-electron chi connectivity index (χ2n) is 4.25. The van der Waals surface area contributed by atoms with Gasteiger partial charge in [0.15, 0.2) is 0 Å². The third-order valence-electron chi connectivity index (χ3n) is 3.06. The van der Waals surface area contributed by atoms with E-state index in [4.69, 9.17) is 5.26 Å². The molecule has 1 aromatic heterocycles. The fourth-order valence-electron chi connectivity index (χ4n) is 1.47. The summed E-state index contributed by atoms with van der Waals surface area (Å²) in [5.41, 5.74) is -0.926. The van der Waals surface area contributed by atoms with Crippen LogP contribution in [0.4, 0.5) is 0 Å². The van der Waals surface area contributed by atoms with Gasteiger partial charge < -0.3 is 5.32 Å². The number of nitrogens with one attached hydrogen (secondary N) is 1. The second-order valence-corrected chi connectivity index (χ2v) is 5.23. The van der Waals surface area contributed by atoms with Crippen molar-refractivity contribution in [2.24, 2.45) is 5.41 Å². The SMILES string of the molecule is CCC(NC(=O)C(C)(C#N)CC)c1cccs1. The van der Waals surface area contributed by atoms with Crippen molar-refractivity contribution in [3.05, 3.63) is 22.4 Å². The summed E-state index contributed by atoms with van der Waals surface area (Å²) in [6.45, 7) is 5.57. The monoisotopic (exact) mass is 250 g/mol. The molecule has 0 aromatic carbocycles. The molecule has 0 saturated heterocycles. The predicted octanol–water partition coefficient (Wildman–Crippen LogP) is 3.26. The summed E-state index contributed by atoms with van der Waals surface area (Å²) in [7, 11) is 0. The number of carbonyl (C=O) groups excluding carboxylic acids is 1. The Balaban J connectivity index is 2.77. The van der Waals surface area contributed by atoms with Crippen LogP contribution in [0.5, 0.6) is 0 Å². The summed E-state index contributed by atoms with van der Waals surface area (Å²) in [4.78, 5) is 13.2. The van der Waals surface area contributed by atoms with Crippen molar-refractivity contribution in [1.29, 1.82) is 5.26 Å². The molecule has 2 unspecified atom stereocenters. The van der Waals surface area contributed by atoms with Crippen molar-refractivity contribution in [2.45, 2.75) is 39.7 Å². The van der Waals surface area contributed by atoms with Gasteiger partial charge in [-0.05, 0) is 31.2 Å². The summed E-state index contributed by atoms with van der Waals surface area (Å²) >= 11 is 1.63. The maximum atomic E-state index is 12.1. The third kappa shape index (κ3) is 3.07. The molecule has 0 fully saturated rings. The molecule has 0 bridgehead atoms. The van der Waals surface area contributed by atoms with Crippen molar-refractivity contribution in [2.75, 3.05) is 0 Å². The number of hydrogen-bond acceptors (Lipinski definition) is 3. The Hall–Kier alpha value is -1.34. The molecule has 2 atom stereocenters. The van der Waals surface area contributed by atoms with Crippen LogP contribution in [0.1, 0.15) is 44.5 Å². The van der Waals surface area contributed by atoms with Gasteiger partial charge in [-0.3, -0.25) is 4.79 Å². The molecule has 0 aliphatic heterocycles. The molecule has 0 spiro atoms. The van der Waals surface area contributed by atoms with Crippen LogP contribution >= 0.6 is 11.3 Å². The average Bonchev–Trinajstić information content (AvgIpc) is 2.88. The molecule has 0 aliphatic carbocycles. The average molecular weight is 250 g/mol. The van der Waals surface area contributed by atoms with Crippen LogP contribution in [-0.4, -0.2) is 5.91 Å². The van der Waals surface area contributed by atoms with E-state index < -0.39 is 5.41 Å². The minimum Gasteiger partial charge on any atom is -0.347 e. The van der Waals surface area contributed by atoms with Crippen molar-refractivity contribution < 1.29 is 4.79 Å². The number of thiophene rings is 1. The summed E-state index contributed by atoms with van der Waals surface area (Å²) in [5, 5.41) is 14.0. The number of rotatable bonds is 5. The minimum atomic E-state index is -0.926. The van der Waals surface area contributed by atoms with E-state index in [0.29, 0.717) is 6.42 Å². The van der Waals surface area contributed by atoms with Gasteiger partial charge in [-0.25, -0.2) is 0 Å². The third-order valence-corrected chi connectivity index (χ3v) is 4.04. The molecule has 0 saturated carbocycles. The highest BCUT2D eigenvalue weighted by molar-refractivity contribution is 7.10. The van der Waals surface area contributed by atoms with Gasteiger partial charge in [0.1, 0.15) is 5.41 Å². The van der Waals surface area contributed by atoms with Crippen LogP contribution in [0.25, 0.3) is 0 Å². The standard InChI is InChI=1S/C13H18N2OS/c1-4-10(11-7-6-8-17-11)15-12(16)13(3,5-2)9-14/h6-8,10H,4-5H2,1-3H3,(H,15,16). The molecule has 1 N–H and O–H groups in total. The zero-order chi connectivity index (χ0) is 12.9. The first-order valence-corrected chi connectivity index (χ1v) is 6.71. The van der Waals surface area contributed by atoms with Gasteiger partial charge in [-0.2, -0.15) is 5.26 Å². The second kappa shape index (κ2) is 5.83. The highest BCUT2D eigenvalue weighted by Gasteiger charge is 2.32. The molecule has 1 aromatic rings. The highest BCUT2D eigenvalue weighted by Crippen LogP contribution is 2.25. The van der Waals surface area contributed by atoms with Gasteiger partial charge in [0.05, 0.1) is 12.1 Å². The smallest absolute Gasteiger partial charge is 0.240 e. The van der Waals surface area contributed by atoms with Gasteiger partial charge in [0.2, 0.25) is 5.91 Å². The van der Waals surface area contributed by atoms with E-state index in [9.17, 15) is 4.79 Å². The summed E-state index contributed by atoms with van der Waals surface area (Å²) < 4.78 is 0. The van der Waals surface area contributed by atoms with Crippen LogP contribution in [-0.2, 0) is 4.79 Å². The van der Waals surface area contributed by atoms with Crippen LogP contribution in [0.2, 0.25) is 0 Å². The predicted molar refractivity (Wildman–Crippen MR) is 69.5 cm³/mol. The molecular formula is C13H18N2OS. The Kier molecular flexibility index (Phi) is 4.71. The summed E-state index contributed by atoms with van der Waals surface area (Å²) in [5.74, 6) is -0.178. The molecule has 1 amide bonds. The Bertz CT molecular complexity index is 408. The Morgan fingerprint density at radius 2 is 2.35 bits per heavy atom. The Labute approximate surface area is 106 Å². The van der Waals surface area contributed by atoms with E-state index in [1.54, 1.807) is 18.3 Å². The van der Waals surface area contributed by atoms with Crippen molar-refractivity contribution in [3.63, 3.8) is 0 Å². The van der Waals surface area contributed by atoms with Gasteiger partial charge in [0.25, 0.3) is 0 Å². The molecule has 0 radical (unpaired) electrons. The van der Waals surface area contributed by atoms with E-state index in [1.165, 1.54) is 0 Å². The van der Waals surface area contributed by atoms with Gasteiger partial charge >= 0.3 is 0 Å². The summed E-state index contributed by atoms with van der Waals surface area (Å²) in [6, 6.07) is 6.09. The quantitative estimate of drug-likeness (QED) is 0.872. The molecule has 17 heavy (non-hydrogen) atoms. The first-order valence-electron chi connectivity index (χ1n) is 5.83. The number of hydrogen-bond donors (Lipinski definition) is 1. The first kappa shape index (κ1) is 13.7. The van der Waals surface area contributed by atoms with Gasteiger partial charge in [-0.15, -0.1) is 11.3 Å². The van der Waals surface area contributed by atoms with Crippen LogP contribution in [0.3, 0.4) is 0 Å². The molecule has 92 valence electrons. The lowest BCUT2D eigenvalue weighted by atomic mass is 9.88. The molecule has 1 rings (SSSR count). The minimum absolute atomic E-state index is 0.0155. The summed E-state index contributed by atoms with van der Waals surface area (Å²) in [6.07, 6.45) is 1.35. The molecule has 3 nitrogen and oxygen atoms in total. The highest BCUT2D eigenvalue weighted by atomic mass is 32.1. The van der Waals surface area contributed by atoms with Crippen LogP contribution in [0, 0.1) is 16.7 Å². The van der Waals surface area contributed by atoms with Crippen molar-refractivity contribution >= 4 is 17.2 Å². The van der Waals surface area contributed by atoms with Crippen molar-refractivity contribution in [1.82, 2.24) is 5.32 Å². The Morgan fingerprint density at radius 3 is 2.76 bits per heavy atom. The van der Waals surface area contributed by atoms with E-state index in [1.807, 2.05) is 31.4 Å². The largest absolute Gasteiger partial charge is 0.347 e. The first-order chi connectivity index (χ1) is 8.07. The van der Waals surface area contributed by atoms with Gasteiger partial charge in [-0.1, -0.05) is 19.9 Å². The molecular weight excluding hydrogens is 232 g/mol. The normalized spacial score (nSPS) is 15.6. The fraction of sp³-hybridized carbons (Fsp3) is 0.538.